The standard InChI is InChI=1S/C33H43N3O8/c1-33(2,3)44-29(37)20-36-18-15-22(16-19-36)43-31(40)34-17-9-8-14-28(30(38)39)35-32(41)42-21-27-25-12-6-4-10-23(25)24-11-5-7-13-26(24)27/h4-7,10-13,22,27-28H,8-9,14-21H2,1-3H3,(H,34,40)(H,35,41)(H,38,39). The summed E-state index contributed by atoms with van der Waals surface area (Å²) >= 11 is 0. The summed E-state index contributed by atoms with van der Waals surface area (Å²) < 4.78 is 16.3. The van der Waals surface area contributed by atoms with Gasteiger partial charge in [-0.25, -0.2) is 14.4 Å². The number of unbranched alkanes of at least 4 members (excludes halogenated alkanes) is 1. The lowest BCUT2D eigenvalue weighted by atomic mass is 9.98. The van der Waals surface area contributed by atoms with Crippen LogP contribution >= 0.6 is 0 Å². The molecular formula is C33H43N3O8. The quantitative estimate of drug-likeness (QED) is 0.178. The van der Waals surface area contributed by atoms with Gasteiger partial charge in [-0.3, -0.25) is 9.69 Å². The van der Waals surface area contributed by atoms with Crippen LogP contribution in [0.4, 0.5) is 9.59 Å². The zero-order chi connectivity index (χ0) is 31.7. The second-order valence-corrected chi connectivity index (χ2v) is 12.3. The normalized spacial score (nSPS) is 15.9. The second kappa shape index (κ2) is 15.1. The Bertz CT molecular complexity index is 1270. The number of carbonyl (C=O) groups is 4. The van der Waals surface area contributed by atoms with E-state index in [9.17, 15) is 24.3 Å². The van der Waals surface area contributed by atoms with Gasteiger partial charge < -0.3 is 30.0 Å². The number of rotatable bonds is 12. The minimum atomic E-state index is -1.15. The van der Waals surface area contributed by atoms with E-state index in [1.165, 1.54) is 0 Å². The van der Waals surface area contributed by atoms with Gasteiger partial charge in [0.25, 0.3) is 0 Å². The third kappa shape index (κ3) is 9.44. The minimum absolute atomic E-state index is 0.0982. The van der Waals surface area contributed by atoms with E-state index in [1.54, 1.807) is 0 Å². The zero-order valence-electron chi connectivity index (χ0n) is 25.7. The number of hydrogen-bond donors (Lipinski definition) is 3. The summed E-state index contributed by atoms with van der Waals surface area (Å²) in [6, 6.07) is 14.9. The molecular weight excluding hydrogens is 566 g/mol. The van der Waals surface area contributed by atoms with Gasteiger partial charge >= 0.3 is 24.1 Å². The Kier molecular flexibility index (Phi) is 11.2. The van der Waals surface area contributed by atoms with Crippen LogP contribution in [0.5, 0.6) is 0 Å². The van der Waals surface area contributed by atoms with Gasteiger partial charge in [-0.05, 0) is 75.1 Å². The van der Waals surface area contributed by atoms with Crippen molar-refractivity contribution in [3.63, 3.8) is 0 Å². The van der Waals surface area contributed by atoms with Crippen molar-refractivity contribution in [2.75, 3.05) is 32.8 Å². The molecule has 0 bridgehead atoms. The van der Waals surface area contributed by atoms with Gasteiger partial charge in [0.05, 0.1) is 6.54 Å². The van der Waals surface area contributed by atoms with Crippen LogP contribution in [0, 0.1) is 0 Å². The molecule has 4 rings (SSSR count). The second-order valence-electron chi connectivity index (χ2n) is 12.3. The number of ether oxygens (including phenoxy) is 3. The Morgan fingerprint density at radius 3 is 2.14 bits per heavy atom. The molecule has 0 aromatic heterocycles. The number of fused-ring (bicyclic) bond motifs is 3. The highest BCUT2D eigenvalue weighted by molar-refractivity contribution is 5.81. The number of carboxylic acids is 1. The van der Waals surface area contributed by atoms with E-state index in [-0.39, 0.29) is 37.6 Å². The maximum atomic E-state index is 12.5. The summed E-state index contributed by atoms with van der Waals surface area (Å²) in [5, 5.41) is 14.8. The highest BCUT2D eigenvalue weighted by Crippen LogP contribution is 2.44. The minimum Gasteiger partial charge on any atom is -0.480 e. The third-order valence-electron chi connectivity index (χ3n) is 7.70. The number of nitrogens with one attached hydrogen (secondary N) is 2. The molecule has 1 fully saturated rings. The average Bonchev–Trinajstić information content (AvgIpc) is 3.29. The largest absolute Gasteiger partial charge is 0.480 e. The molecule has 11 heteroatoms. The molecule has 1 atom stereocenters. The SMILES string of the molecule is CC(C)(C)OC(=O)CN1CCC(OC(=O)NCCCCC(NC(=O)OCC2c3ccccc3-c3ccccc32)C(=O)O)CC1. The summed E-state index contributed by atoms with van der Waals surface area (Å²) in [5.74, 6) is -1.54. The van der Waals surface area contributed by atoms with Gasteiger partial charge in [0, 0.05) is 25.6 Å². The number of hydrogen-bond acceptors (Lipinski definition) is 8. The number of esters is 1. The van der Waals surface area contributed by atoms with Crippen LogP contribution in [0.15, 0.2) is 48.5 Å². The van der Waals surface area contributed by atoms with Crippen LogP contribution in [-0.2, 0) is 23.8 Å². The van der Waals surface area contributed by atoms with Crippen molar-refractivity contribution in [2.24, 2.45) is 0 Å². The van der Waals surface area contributed by atoms with Gasteiger partial charge in [-0.2, -0.15) is 0 Å². The van der Waals surface area contributed by atoms with Crippen LogP contribution in [0.2, 0.25) is 0 Å². The van der Waals surface area contributed by atoms with E-state index in [1.807, 2.05) is 74.2 Å². The molecule has 2 aromatic rings. The molecule has 1 unspecified atom stereocenters. The van der Waals surface area contributed by atoms with Crippen LogP contribution < -0.4 is 10.6 Å². The summed E-state index contributed by atoms with van der Waals surface area (Å²) in [7, 11) is 0. The lowest BCUT2D eigenvalue weighted by molar-refractivity contribution is -0.156. The molecule has 1 saturated heterocycles. The van der Waals surface area contributed by atoms with Crippen molar-refractivity contribution in [1.29, 1.82) is 0 Å². The number of amides is 2. The molecule has 0 saturated carbocycles. The Hall–Kier alpha value is -4.12. The summed E-state index contributed by atoms with van der Waals surface area (Å²) in [6.07, 6.45) is 0.870. The van der Waals surface area contributed by atoms with Gasteiger partial charge in [0.1, 0.15) is 24.4 Å². The summed E-state index contributed by atoms with van der Waals surface area (Å²) in [4.78, 5) is 50.5. The maximum absolute atomic E-state index is 12.5. The lowest BCUT2D eigenvalue weighted by Crippen LogP contribution is -2.43. The average molecular weight is 610 g/mol. The number of piperidine rings is 1. The predicted octanol–water partition coefficient (Wildman–Crippen LogP) is 4.68. The van der Waals surface area contributed by atoms with E-state index in [0.29, 0.717) is 45.3 Å². The first-order valence-electron chi connectivity index (χ1n) is 15.2. The Morgan fingerprint density at radius 2 is 1.55 bits per heavy atom. The fourth-order valence-corrected chi connectivity index (χ4v) is 5.64. The highest BCUT2D eigenvalue weighted by Gasteiger charge is 2.30. The monoisotopic (exact) mass is 609 g/mol. The topological polar surface area (TPSA) is 144 Å². The molecule has 0 radical (unpaired) electrons. The number of carboxylic acid groups (broad SMARTS) is 1. The van der Waals surface area contributed by atoms with Gasteiger partial charge in [-0.15, -0.1) is 0 Å². The third-order valence-corrected chi connectivity index (χ3v) is 7.70. The molecule has 2 aromatic carbocycles. The van der Waals surface area contributed by atoms with Crippen LogP contribution in [0.1, 0.15) is 69.9 Å². The Labute approximate surface area is 258 Å². The van der Waals surface area contributed by atoms with Gasteiger partial charge in [0.2, 0.25) is 0 Å². The molecule has 44 heavy (non-hydrogen) atoms. The molecule has 238 valence electrons. The lowest BCUT2D eigenvalue weighted by Gasteiger charge is -2.31. The Morgan fingerprint density at radius 1 is 0.932 bits per heavy atom. The fraction of sp³-hybridized carbons (Fsp3) is 0.515. The highest BCUT2D eigenvalue weighted by atomic mass is 16.6. The first-order valence-corrected chi connectivity index (χ1v) is 15.2. The van der Waals surface area contributed by atoms with Gasteiger partial charge in [-0.1, -0.05) is 48.5 Å². The van der Waals surface area contributed by atoms with Crippen LogP contribution in [0.25, 0.3) is 11.1 Å². The van der Waals surface area contributed by atoms with Crippen molar-refractivity contribution in [3.05, 3.63) is 59.7 Å². The molecule has 1 heterocycles. The Balaban J connectivity index is 1.11. The van der Waals surface area contributed by atoms with Gasteiger partial charge in [0.15, 0.2) is 0 Å². The molecule has 0 spiro atoms. The van der Waals surface area contributed by atoms with Crippen molar-refractivity contribution in [2.45, 2.75) is 76.5 Å². The van der Waals surface area contributed by atoms with Crippen LogP contribution in [-0.4, -0.2) is 84.7 Å². The fourth-order valence-electron chi connectivity index (χ4n) is 5.64. The van der Waals surface area contributed by atoms with E-state index in [0.717, 1.165) is 22.3 Å². The molecule has 3 N–H and O–H groups in total. The van der Waals surface area contributed by atoms with Crippen molar-refractivity contribution in [3.8, 4) is 11.1 Å². The van der Waals surface area contributed by atoms with Crippen LogP contribution in [0.3, 0.4) is 0 Å². The summed E-state index contributed by atoms with van der Waals surface area (Å²) in [6.45, 7) is 7.38. The predicted molar refractivity (Wildman–Crippen MR) is 163 cm³/mol. The number of benzene rings is 2. The molecule has 1 aliphatic heterocycles. The number of carbonyl (C=O) groups excluding carboxylic acids is 3. The van der Waals surface area contributed by atoms with E-state index >= 15 is 0 Å². The molecule has 1 aliphatic carbocycles. The number of nitrogens with zero attached hydrogens (tertiary/aromatic N) is 1. The number of alkyl carbamates (subject to hydrolysis) is 2. The van der Waals surface area contributed by atoms with Crippen molar-refractivity contribution >= 4 is 24.1 Å². The first kappa shape index (κ1) is 32.8. The molecule has 11 nitrogen and oxygen atoms in total. The zero-order valence-corrected chi connectivity index (χ0v) is 25.7. The maximum Gasteiger partial charge on any atom is 0.407 e. The molecule has 2 aliphatic rings. The van der Waals surface area contributed by atoms with Crippen molar-refractivity contribution < 1.29 is 38.5 Å². The number of aliphatic carboxylic acids is 1. The smallest absolute Gasteiger partial charge is 0.407 e. The van der Waals surface area contributed by atoms with E-state index < -0.39 is 29.8 Å². The first-order chi connectivity index (χ1) is 21.0. The number of likely N-dealkylation sites (tertiary alicyclic amines) is 1. The molecule has 2 amide bonds. The van der Waals surface area contributed by atoms with Crippen molar-refractivity contribution in [1.82, 2.24) is 15.5 Å². The summed E-state index contributed by atoms with van der Waals surface area (Å²) in [5.41, 5.74) is 3.85. The van der Waals surface area contributed by atoms with E-state index in [4.69, 9.17) is 14.2 Å². The van der Waals surface area contributed by atoms with E-state index in [2.05, 4.69) is 10.6 Å².